The predicted octanol–water partition coefficient (Wildman–Crippen LogP) is 4.62. The van der Waals surface area contributed by atoms with E-state index in [1.54, 1.807) is 52.6 Å². The van der Waals surface area contributed by atoms with Crippen LogP contribution in [-0.4, -0.2) is 37.6 Å². The van der Waals surface area contributed by atoms with E-state index < -0.39 is 0 Å². The first-order valence-electron chi connectivity index (χ1n) is 10.1. The van der Waals surface area contributed by atoms with Crippen LogP contribution in [-0.2, 0) is 14.1 Å². The number of aromatic nitrogens is 2. The molecule has 0 aliphatic heterocycles. The van der Waals surface area contributed by atoms with E-state index in [2.05, 4.69) is 31.9 Å². The van der Waals surface area contributed by atoms with Crippen LogP contribution in [0.3, 0.4) is 0 Å². The molecule has 0 N–H and O–H groups in total. The highest BCUT2D eigenvalue weighted by Gasteiger charge is 2.25. The van der Waals surface area contributed by atoms with Gasteiger partial charge >= 0.3 is 0 Å². The average molecular weight is 594 g/mol. The summed E-state index contributed by atoms with van der Waals surface area (Å²) >= 11 is 7.01. The highest BCUT2D eigenvalue weighted by atomic mass is 79.9. The Labute approximate surface area is 211 Å². The number of rotatable bonds is 5. The molecule has 0 amide bonds. The lowest BCUT2D eigenvalue weighted by atomic mass is 9.96. The number of pyridine rings is 2. The van der Waals surface area contributed by atoms with Gasteiger partial charge in [-0.15, -0.1) is 0 Å². The maximum absolute atomic E-state index is 13.3. The molecule has 4 aromatic rings. The maximum atomic E-state index is 13.3. The summed E-state index contributed by atoms with van der Waals surface area (Å²) in [6.45, 7) is 0. The monoisotopic (exact) mass is 592 g/mol. The average Bonchev–Trinajstić information content (AvgIpc) is 2.86. The quantitative estimate of drug-likeness (QED) is 0.336. The largest absolute Gasteiger partial charge is 0.493 e. The Kier molecular flexibility index (Phi) is 6.39. The summed E-state index contributed by atoms with van der Waals surface area (Å²) < 4.78 is 25.6. The molecule has 4 rings (SSSR count). The summed E-state index contributed by atoms with van der Waals surface area (Å²) in [5, 5.41) is 1.38. The minimum atomic E-state index is -0.268. The smallest absolute Gasteiger partial charge is 0.265 e. The van der Waals surface area contributed by atoms with Gasteiger partial charge in [0.1, 0.15) is 0 Å². The zero-order valence-corrected chi connectivity index (χ0v) is 22.6. The first-order valence-corrected chi connectivity index (χ1v) is 11.7. The molecule has 0 fully saturated rings. The highest BCUT2D eigenvalue weighted by Crippen LogP contribution is 2.45. The van der Waals surface area contributed by atoms with Crippen molar-refractivity contribution < 1.29 is 18.9 Å². The van der Waals surface area contributed by atoms with Gasteiger partial charge in [-0.25, -0.2) is 0 Å². The first kappa shape index (κ1) is 24.2. The van der Waals surface area contributed by atoms with Crippen LogP contribution in [0, 0.1) is 0 Å². The molecule has 178 valence electrons. The molecule has 0 saturated heterocycles. The van der Waals surface area contributed by atoms with Gasteiger partial charge in [0.15, 0.2) is 23.0 Å². The van der Waals surface area contributed by atoms with Crippen molar-refractivity contribution in [1.82, 2.24) is 9.13 Å². The molecule has 2 aromatic carbocycles. The summed E-state index contributed by atoms with van der Waals surface area (Å²) in [6.07, 6.45) is 0. The molecule has 0 bridgehead atoms. The van der Waals surface area contributed by atoms with Gasteiger partial charge in [0, 0.05) is 48.1 Å². The van der Waals surface area contributed by atoms with Gasteiger partial charge in [0.2, 0.25) is 0 Å². The Morgan fingerprint density at radius 3 is 1.18 bits per heavy atom. The van der Waals surface area contributed by atoms with Gasteiger partial charge in [-0.05, 0) is 44.0 Å². The van der Waals surface area contributed by atoms with E-state index in [9.17, 15) is 9.59 Å². The summed E-state index contributed by atoms with van der Waals surface area (Å²) in [4.78, 5) is 26.5. The molecule has 0 spiro atoms. The molecule has 34 heavy (non-hydrogen) atoms. The second-order valence-electron chi connectivity index (χ2n) is 7.55. The molecule has 0 saturated carbocycles. The maximum Gasteiger partial charge on any atom is 0.265 e. The van der Waals surface area contributed by atoms with Crippen LogP contribution in [0.1, 0.15) is 0 Å². The van der Waals surface area contributed by atoms with Crippen molar-refractivity contribution in [1.29, 1.82) is 0 Å². The van der Waals surface area contributed by atoms with Gasteiger partial charge in [0.05, 0.1) is 48.4 Å². The van der Waals surface area contributed by atoms with Crippen molar-refractivity contribution in [2.75, 3.05) is 28.4 Å². The first-order chi connectivity index (χ1) is 16.2. The molecule has 0 atom stereocenters. The Hall–Kier alpha value is -2.98. The summed E-state index contributed by atoms with van der Waals surface area (Å²) in [6, 6.07) is 7.08. The molecule has 0 aliphatic carbocycles. The topological polar surface area (TPSA) is 80.9 Å². The number of fused-ring (bicyclic) bond motifs is 2. The lowest BCUT2D eigenvalue weighted by Gasteiger charge is -2.20. The zero-order valence-electron chi connectivity index (χ0n) is 19.4. The van der Waals surface area contributed by atoms with Crippen LogP contribution in [0.4, 0.5) is 0 Å². The van der Waals surface area contributed by atoms with Gasteiger partial charge in [0.25, 0.3) is 11.1 Å². The highest BCUT2D eigenvalue weighted by molar-refractivity contribution is 9.11. The molecule has 8 nitrogen and oxygen atoms in total. The Bertz CT molecular complexity index is 1470. The minimum absolute atomic E-state index is 0.268. The lowest BCUT2D eigenvalue weighted by molar-refractivity contribution is 0.355. The number of benzene rings is 2. The third-order valence-electron chi connectivity index (χ3n) is 5.94. The number of aryl methyl sites for hydroxylation is 2. The van der Waals surface area contributed by atoms with E-state index in [4.69, 9.17) is 18.9 Å². The normalized spacial score (nSPS) is 11.2. The molecule has 2 heterocycles. The van der Waals surface area contributed by atoms with Crippen LogP contribution >= 0.6 is 31.9 Å². The molecular weight excluding hydrogens is 572 g/mol. The van der Waals surface area contributed by atoms with Crippen molar-refractivity contribution in [3.05, 3.63) is 53.9 Å². The molecule has 0 unspecified atom stereocenters. The van der Waals surface area contributed by atoms with Crippen molar-refractivity contribution in [3.63, 3.8) is 0 Å². The fourth-order valence-corrected chi connectivity index (χ4v) is 5.50. The second kappa shape index (κ2) is 8.99. The van der Waals surface area contributed by atoms with Gasteiger partial charge in [-0.3, -0.25) is 9.59 Å². The Balaban J connectivity index is 2.32. The number of methoxy groups -OCH3 is 4. The molecule has 2 aromatic heterocycles. The van der Waals surface area contributed by atoms with Crippen molar-refractivity contribution in [2.24, 2.45) is 14.1 Å². The van der Waals surface area contributed by atoms with E-state index in [1.165, 1.54) is 23.4 Å². The van der Waals surface area contributed by atoms with Gasteiger partial charge in [-0.1, -0.05) is 0 Å². The Morgan fingerprint density at radius 1 is 0.588 bits per heavy atom. The fraction of sp³-hybridized carbons (Fsp3) is 0.250. The zero-order chi connectivity index (χ0) is 24.9. The van der Waals surface area contributed by atoms with Crippen molar-refractivity contribution in [3.8, 4) is 34.1 Å². The van der Waals surface area contributed by atoms with E-state index in [-0.39, 0.29) is 11.1 Å². The predicted molar refractivity (Wildman–Crippen MR) is 139 cm³/mol. The summed E-state index contributed by atoms with van der Waals surface area (Å²) in [5.41, 5.74) is 1.78. The van der Waals surface area contributed by atoms with Gasteiger partial charge in [-0.2, -0.15) is 0 Å². The third-order valence-corrected chi connectivity index (χ3v) is 7.41. The minimum Gasteiger partial charge on any atom is -0.493 e. The van der Waals surface area contributed by atoms with E-state index in [0.717, 1.165) is 0 Å². The Morgan fingerprint density at radius 2 is 0.882 bits per heavy atom. The molecular formula is C24H22Br2N2O6. The molecule has 0 radical (unpaired) electrons. The number of nitrogens with zero attached hydrogens (tertiary/aromatic N) is 2. The SMILES string of the molecule is COc1cc2c(-c3c(Br)c(=O)n(C)c4cc(OC)c(OC)cc34)c(Br)c(=O)n(C)c2cc1OC. The van der Waals surface area contributed by atoms with E-state index in [0.29, 0.717) is 64.9 Å². The number of hydrogen-bond acceptors (Lipinski definition) is 6. The third kappa shape index (κ3) is 3.47. The van der Waals surface area contributed by atoms with Crippen LogP contribution in [0.15, 0.2) is 42.8 Å². The van der Waals surface area contributed by atoms with Crippen LogP contribution < -0.4 is 30.1 Å². The van der Waals surface area contributed by atoms with Crippen LogP contribution in [0.25, 0.3) is 32.9 Å². The lowest BCUT2D eigenvalue weighted by Crippen LogP contribution is -2.22. The number of hydrogen-bond donors (Lipinski definition) is 0. The number of halogens is 2. The molecule has 10 heteroatoms. The summed E-state index contributed by atoms with van der Waals surface area (Å²) in [5.74, 6) is 1.95. The summed E-state index contributed by atoms with van der Waals surface area (Å²) in [7, 11) is 9.51. The van der Waals surface area contributed by atoms with E-state index >= 15 is 0 Å². The second-order valence-corrected chi connectivity index (χ2v) is 9.14. The van der Waals surface area contributed by atoms with Gasteiger partial charge < -0.3 is 28.1 Å². The van der Waals surface area contributed by atoms with Crippen molar-refractivity contribution >= 4 is 53.7 Å². The fourth-order valence-electron chi connectivity index (χ4n) is 4.14. The standard InChI is InChI=1S/C24H22Br2N2O6/c1-27-13-9-17(33-5)15(31-3)7-11(13)19(21(25)23(27)29)20-12-8-16(32-4)18(34-6)10-14(12)28(2)24(30)22(20)26/h7-10H,1-6H3. The van der Waals surface area contributed by atoms with E-state index in [1.807, 2.05) is 0 Å². The number of ether oxygens (including phenoxy) is 4. The van der Waals surface area contributed by atoms with Crippen LogP contribution in [0.2, 0.25) is 0 Å². The van der Waals surface area contributed by atoms with Crippen molar-refractivity contribution in [2.45, 2.75) is 0 Å². The van der Waals surface area contributed by atoms with Crippen LogP contribution in [0.5, 0.6) is 23.0 Å². The molecule has 0 aliphatic rings.